The van der Waals surface area contributed by atoms with E-state index in [1.807, 2.05) is 18.2 Å². The Hall–Kier alpha value is -2.14. The Bertz CT molecular complexity index is 575. The molecule has 0 radical (unpaired) electrons. The van der Waals surface area contributed by atoms with Gasteiger partial charge in [0.2, 0.25) is 5.88 Å². The molecular formula is C16H21N3O2. The van der Waals surface area contributed by atoms with E-state index in [1.165, 1.54) is 5.56 Å². The molecule has 0 aliphatic heterocycles. The third kappa shape index (κ3) is 3.92. The average molecular weight is 287 g/mol. The summed E-state index contributed by atoms with van der Waals surface area (Å²) in [7, 11) is 3.29. The number of aromatic nitrogens is 2. The van der Waals surface area contributed by atoms with Crippen molar-refractivity contribution in [1.82, 2.24) is 15.3 Å². The minimum atomic E-state index is 0.0470. The maximum absolute atomic E-state index is 5.32. The SMILES string of the molecule is CCNC(Cc1cccc(OC)c1)c1nccnc1OC. The lowest BCUT2D eigenvalue weighted by Crippen LogP contribution is -2.24. The van der Waals surface area contributed by atoms with Gasteiger partial charge in [-0.1, -0.05) is 19.1 Å². The van der Waals surface area contributed by atoms with Crippen molar-refractivity contribution in [3.63, 3.8) is 0 Å². The molecule has 0 amide bonds. The minimum Gasteiger partial charge on any atom is -0.497 e. The zero-order chi connectivity index (χ0) is 15.1. The summed E-state index contributed by atoms with van der Waals surface area (Å²) in [4.78, 5) is 8.65. The number of nitrogens with zero attached hydrogens (tertiary/aromatic N) is 2. The van der Waals surface area contributed by atoms with Crippen LogP contribution in [0.15, 0.2) is 36.7 Å². The zero-order valence-electron chi connectivity index (χ0n) is 12.7. The topological polar surface area (TPSA) is 56.3 Å². The van der Waals surface area contributed by atoms with Crippen LogP contribution in [0.4, 0.5) is 0 Å². The summed E-state index contributed by atoms with van der Waals surface area (Å²) in [5.74, 6) is 1.42. The Kier molecular flexibility index (Phi) is 5.51. The summed E-state index contributed by atoms with van der Waals surface area (Å²) in [6, 6.07) is 8.09. The fraction of sp³-hybridized carbons (Fsp3) is 0.375. The molecule has 0 saturated heterocycles. The maximum atomic E-state index is 5.32. The Morgan fingerprint density at radius 3 is 2.67 bits per heavy atom. The number of nitrogens with one attached hydrogen (secondary N) is 1. The van der Waals surface area contributed by atoms with Crippen molar-refractivity contribution in [1.29, 1.82) is 0 Å². The van der Waals surface area contributed by atoms with Crippen LogP contribution in [0, 0.1) is 0 Å². The van der Waals surface area contributed by atoms with Gasteiger partial charge in [0, 0.05) is 12.4 Å². The van der Waals surface area contributed by atoms with Gasteiger partial charge >= 0.3 is 0 Å². The van der Waals surface area contributed by atoms with Crippen molar-refractivity contribution in [2.45, 2.75) is 19.4 Å². The smallest absolute Gasteiger partial charge is 0.237 e. The van der Waals surface area contributed by atoms with Gasteiger partial charge in [0.1, 0.15) is 11.4 Å². The molecule has 1 unspecified atom stereocenters. The van der Waals surface area contributed by atoms with Crippen molar-refractivity contribution in [2.24, 2.45) is 0 Å². The van der Waals surface area contributed by atoms with E-state index in [4.69, 9.17) is 9.47 Å². The standard InChI is InChI=1S/C16H21N3O2/c1-4-17-14(15-16(21-3)19-9-8-18-15)11-12-6-5-7-13(10-12)20-2/h5-10,14,17H,4,11H2,1-3H3. The van der Waals surface area contributed by atoms with Crippen LogP contribution in [0.3, 0.4) is 0 Å². The first-order chi connectivity index (χ1) is 10.3. The van der Waals surface area contributed by atoms with Gasteiger partial charge in [-0.2, -0.15) is 0 Å². The van der Waals surface area contributed by atoms with Crippen molar-refractivity contribution in [3.8, 4) is 11.6 Å². The molecule has 0 saturated carbocycles. The van der Waals surface area contributed by atoms with Crippen LogP contribution in [-0.4, -0.2) is 30.7 Å². The van der Waals surface area contributed by atoms with Crippen molar-refractivity contribution in [2.75, 3.05) is 20.8 Å². The summed E-state index contributed by atoms with van der Waals surface area (Å²) < 4.78 is 10.6. The number of benzene rings is 1. The van der Waals surface area contributed by atoms with Gasteiger partial charge in [-0.3, -0.25) is 4.98 Å². The summed E-state index contributed by atoms with van der Waals surface area (Å²) in [6.45, 7) is 2.91. The largest absolute Gasteiger partial charge is 0.497 e. The van der Waals surface area contributed by atoms with Crippen LogP contribution >= 0.6 is 0 Å². The van der Waals surface area contributed by atoms with Crippen LogP contribution in [0.5, 0.6) is 11.6 Å². The summed E-state index contributed by atoms with van der Waals surface area (Å²) in [5.41, 5.74) is 2.00. The lowest BCUT2D eigenvalue weighted by molar-refractivity contribution is 0.377. The van der Waals surface area contributed by atoms with E-state index in [2.05, 4.69) is 28.3 Å². The molecule has 1 aromatic carbocycles. The second-order valence-corrected chi connectivity index (χ2v) is 4.62. The number of likely N-dealkylation sites (N-methyl/N-ethyl adjacent to an activating group) is 1. The molecule has 5 heteroatoms. The first-order valence-electron chi connectivity index (χ1n) is 6.99. The Morgan fingerprint density at radius 1 is 1.14 bits per heavy atom. The third-order valence-electron chi connectivity index (χ3n) is 3.24. The molecule has 0 bridgehead atoms. The fourth-order valence-electron chi connectivity index (χ4n) is 2.28. The molecule has 112 valence electrons. The maximum Gasteiger partial charge on any atom is 0.237 e. The van der Waals surface area contributed by atoms with E-state index in [-0.39, 0.29) is 6.04 Å². The van der Waals surface area contributed by atoms with E-state index in [1.54, 1.807) is 26.6 Å². The highest BCUT2D eigenvalue weighted by molar-refractivity contribution is 5.31. The van der Waals surface area contributed by atoms with Gasteiger partial charge in [0.15, 0.2) is 0 Å². The normalized spacial score (nSPS) is 12.0. The van der Waals surface area contributed by atoms with Crippen molar-refractivity contribution < 1.29 is 9.47 Å². The molecule has 0 aliphatic carbocycles. The Labute approximate surface area is 125 Å². The monoisotopic (exact) mass is 287 g/mol. The lowest BCUT2D eigenvalue weighted by atomic mass is 10.0. The third-order valence-corrected chi connectivity index (χ3v) is 3.24. The zero-order valence-corrected chi connectivity index (χ0v) is 12.7. The Balaban J connectivity index is 2.26. The molecule has 0 aliphatic rings. The summed E-state index contributed by atoms with van der Waals surface area (Å²) in [5, 5.41) is 3.44. The molecule has 1 aromatic heterocycles. The molecule has 1 atom stereocenters. The van der Waals surface area contributed by atoms with Crippen molar-refractivity contribution >= 4 is 0 Å². The first kappa shape index (κ1) is 15.3. The molecule has 0 fully saturated rings. The molecule has 0 spiro atoms. The molecule has 5 nitrogen and oxygen atoms in total. The fourth-order valence-corrected chi connectivity index (χ4v) is 2.28. The molecule has 21 heavy (non-hydrogen) atoms. The van der Waals surface area contributed by atoms with E-state index in [0.29, 0.717) is 5.88 Å². The average Bonchev–Trinajstić information content (AvgIpc) is 2.54. The van der Waals surface area contributed by atoms with Crippen LogP contribution in [-0.2, 0) is 6.42 Å². The second-order valence-electron chi connectivity index (χ2n) is 4.62. The van der Waals surface area contributed by atoms with Gasteiger partial charge in [-0.25, -0.2) is 4.98 Å². The number of methoxy groups -OCH3 is 2. The first-order valence-corrected chi connectivity index (χ1v) is 6.99. The molecular weight excluding hydrogens is 266 g/mol. The highest BCUT2D eigenvalue weighted by Gasteiger charge is 2.18. The van der Waals surface area contributed by atoms with E-state index < -0.39 is 0 Å². The number of hydrogen-bond donors (Lipinski definition) is 1. The van der Waals surface area contributed by atoms with Crippen molar-refractivity contribution in [3.05, 3.63) is 47.9 Å². The van der Waals surface area contributed by atoms with Gasteiger partial charge in [0.25, 0.3) is 0 Å². The minimum absolute atomic E-state index is 0.0470. The number of ether oxygens (including phenoxy) is 2. The van der Waals surface area contributed by atoms with E-state index in [0.717, 1.165) is 24.4 Å². The highest BCUT2D eigenvalue weighted by Crippen LogP contribution is 2.24. The predicted octanol–water partition coefficient (Wildman–Crippen LogP) is 2.39. The second kappa shape index (κ2) is 7.59. The van der Waals surface area contributed by atoms with Crippen LogP contribution < -0.4 is 14.8 Å². The molecule has 2 rings (SSSR count). The lowest BCUT2D eigenvalue weighted by Gasteiger charge is -2.19. The Morgan fingerprint density at radius 2 is 1.95 bits per heavy atom. The van der Waals surface area contributed by atoms with E-state index in [9.17, 15) is 0 Å². The van der Waals surface area contributed by atoms with Crippen LogP contribution in [0.25, 0.3) is 0 Å². The van der Waals surface area contributed by atoms with Gasteiger partial charge in [0.05, 0.1) is 20.3 Å². The quantitative estimate of drug-likeness (QED) is 0.847. The molecule has 1 heterocycles. The highest BCUT2D eigenvalue weighted by atomic mass is 16.5. The van der Waals surface area contributed by atoms with Crippen LogP contribution in [0.1, 0.15) is 24.2 Å². The summed E-state index contributed by atoms with van der Waals surface area (Å²) >= 11 is 0. The van der Waals surface area contributed by atoms with E-state index >= 15 is 0 Å². The molecule has 2 aromatic rings. The summed E-state index contributed by atoms with van der Waals surface area (Å²) in [6.07, 6.45) is 4.12. The van der Waals surface area contributed by atoms with Gasteiger partial charge in [-0.05, 0) is 30.7 Å². The number of rotatable bonds is 7. The number of hydrogen-bond acceptors (Lipinski definition) is 5. The molecule has 1 N–H and O–H groups in total. The van der Waals surface area contributed by atoms with Crippen LogP contribution in [0.2, 0.25) is 0 Å². The van der Waals surface area contributed by atoms with Gasteiger partial charge < -0.3 is 14.8 Å². The van der Waals surface area contributed by atoms with Gasteiger partial charge in [-0.15, -0.1) is 0 Å². The predicted molar refractivity (Wildman–Crippen MR) is 81.7 cm³/mol.